The zero-order valence-electron chi connectivity index (χ0n) is 13.6. The molecule has 126 valence electrons. The van der Waals surface area contributed by atoms with E-state index in [0.29, 0.717) is 16.9 Å². The summed E-state index contributed by atoms with van der Waals surface area (Å²) in [5.74, 6) is 0.886. The molecular formula is C18H22N4O2. The highest BCUT2D eigenvalue weighted by atomic mass is 16.6. The first-order chi connectivity index (χ1) is 11.7. The number of nitrogens with zero attached hydrogens (tertiary/aromatic N) is 3. The molecule has 6 heteroatoms. The maximum absolute atomic E-state index is 11.7. The molecular weight excluding hydrogens is 304 g/mol. The predicted molar refractivity (Wildman–Crippen MR) is 94.4 cm³/mol. The molecule has 24 heavy (non-hydrogen) atoms. The molecule has 0 unspecified atom stereocenters. The Labute approximate surface area is 141 Å². The molecule has 6 nitrogen and oxygen atoms in total. The van der Waals surface area contributed by atoms with Crippen molar-refractivity contribution in [3.05, 3.63) is 40.6 Å². The van der Waals surface area contributed by atoms with Gasteiger partial charge in [-0.1, -0.05) is 0 Å². The highest BCUT2D eigenvalue weighted by Gasteiger charge is 2.28. The topological polar surface area (TPSA) is 71.3 Å². The van der Waals surface area contributed by atoms with Crippen molar-refractivity contribution in [2.45, 2.75) is 31.7 Å². The first-order valence-electron chi connectivity index (χ1n) is 8.73. The van der Waals surface area contributed by atoms with Gasteiger partial charge in [0, 0.05) is 25.3 Å². The van der Waals surface area contributed by atoms with Gasteiger partial charge < -0.3 is 10.2 Å². The summed E-state index contributed by atoms with van der Waals surface area (Å²) in [4.78, 5) is 17.8. The number of hydrogen-bond acceptors (Lipinski definition) is 5. The number of benzene rings is 1. The van der Waals surface area contributed by atoms with Crippen LogP contribution in [0.25, 0.3) is 10.9 Å². The summed E-state index contributed by atoms with van der Waals surface area (Å²) < 4.78 is 0. The Hall–Kier alpha value is -2.21. The number of pyridine rings is 1. The van der Waals surface area contributed by atoms with Crippen molar-refractivity contribution in [3.8, 4) is 0 Å². The van der Waals surface area contributed by atoms with Crippen LogP contribution in [0.3, 0.4) is 0 Å². The van der Waals surface area contributed by atoms with E-state index in [0.717, 1.165) is 44.1 Å². The van der Waals surface area contributed by atoms with Gasteiger partial charge in [-0.3, -0.25) is 15.1 Å². The van der Waals surface area contributed by atoms with Crippen LogP contribution in [0.2, 0.25) is 0 Å². The lowest BCUT2D eigenvalue weighted by Crippen LogP contribution is -2.43. The van der Waals surface area contributed by atoms with Crippen molar-refractivity contribution >= 4 is 22.3 Å². The van der Waals surface area contributed by atoms with E-state index < -0.39 is 0 Å². The normalized spacial score (nSPS) is 18.9. The molecule has 2 heterocycles. The number of fused-ring (bicyclic) bond motifs is 1. The molecule has 1 aliphatic carbocycles. The summed E-state index contributed by atoms with van der Waals surface area (Å²) in [6.45, 7) is 2.84. The van der Waals surface area contributed by atoms with Gasteiger partial charge in [-0.15, -0.1) is 0 Å². The first kappa shape index (κ1) is 15.3. The number of rotatable bonds is 5. The predicted octanol–water partition coefficient (Wildman–Crippen LogP) is 3.11. The first-order valence-corrected chi connectivity index (χ1v) is 8.73. The van der Waals surface area contributed by atoms with Gasteiger partial charge in [0.25, 0.3) is 0 Å². The van der Waals surface area contributed by atoms with E-state index in [1.165, 1.54) is 12.8 Å². The Morgan fingerprint density at radius 2 is 2.00 bits per heavy atom. The van der Waals surface area contributed by atoms with Crippen LogP contribution in [-0.2, 0) is 0 Å². The molecule has 0 amide bonds. The highest BCUT2D eigenvalue weighted by Crippen LogP contribution is 2.36. The molecule has 2 fully saturated rings. The van der Waals surface area contributed by atoms with Crippen molar-refractivity contribution in [2.75, 3.05) is 24.5 Å². The average Bonchev–Trinajstić information content (AvgIpc) is 3.43. The lowest BCUT2D eigenvalue weighted by atomic mass is 10.0. The molecule has 0 bridgehead atoms. The fourth-order valence-corrected chi connectivity index (χ4v) is 3.55. The summed E-state index contributed by atoms with van der Waals surface area (Å²) in [5.41, 5.74) is 1.58. The summed E-state index contributed by atoms with van der Waals surface area (Å²) >= 11 is 0. The number of nitrogens with one attached hydrogen (secondary N) is 1. The van der Waals surface area contributed by atoms with Crippen molar-refractivity contribution in [1.82, 2.24) is 10.3 Å². The Morgan fingerprint density at radius 1 is 1.21 bits per heavy atom. The van der Waals surface area contributed by atoms with Crippen molar-refractivity contribution in [1.29, 1.82) is 0 Å². The number of aromatic nitrogens is 1. The number of nitro groups is 1. The quantitative estimate of drug-likeness (QED) is 0.675. The van der Waals surface area contributed by atoms with Crippen LogP contribution >= 0.6 is 0 Å². The van der Waals surface area contributed by atoms with Crippen LogP contribution in [0.1, 0.15) is 25.7 Å². The van der Waals surface area contributed by atoms with Gasteiger partial charge in [0.05, 0.1) is 15.8 Å². The molecule has 1 saturated carbocycles. The van der Waals surface area contributed by atoms with Gasteiger partial charge in [-0.25, -0.2) is 0 Å². The molecule has 1 saturated heterocycles. The van der Waals surface area contributed by atoms with E-state index in [9.17, 15) is 10.1 Å². The van der Waals surface area contributed by atoms with Gasteiger partial charge >= 0.3 is 5.69 Å². The second-order valence-electron chi connectivity index (χ2n) is 6.87. The average molecular weight is 326 g/mol. The largest absolute Gasteiger partial charge is 0.366 e. The number of hydrogen-bond donors (Lipinski definition) is 1. The third kappa shape index (κ3) is 3.06. The van der Waals surface area contributed by atoms with E-state index in [-0.39, 0.29) is 10.6 Å². The SMILES string of the molecule is O=[N+]([O-])c1c(N2CCC(NCC3CC3)CC2)ccc2ncccc12. The van der Waals surface area contributed by atoms with Gasteiger partial charge in [-0.05, 0) is 62.4 Å². The molecule has 0 radical (unpaired) electrons. The maximum atomic E-state index is 11.7. The maximum Gasteiger partial charge on any atom is 0.301 e. The lowest BCUT2D eigenvalue weighted by Gasteiger charge is -2.34. The standard InChI is InChI=1S/C18H22N4O2/c23-22(24)18-15-2-1-9-19-16(15)5-6-17(18)21-10-7-14(8-11-21)20-12-13-3-4-13/h1-2,5-6,9,13-14,20H,3-4,7-8,10-12H2. The minimum absolute atomic E-state index is 0.185. The second-order valence-corrected chi connectivity index (χ2v) is 6.87. The number of piperidine rings is 1. The molecule has 1 aliphatic heterocycles. The Balaban J connectivity index is 1.53. The molecule has 1 aromatic heterocycles. The molecule has 1 aromatic carbocycles. The van der Waals surface area contributed by atoms with Crippen LogP contribution in [0.4, 0.5) is 11.4 Å². The fourth-order valence-electron chi connectivity index (χ4n) is 3.55. The van der Waals surface area contributed by atoms with E-state index in [1.54, 1.807) is 18.3 Å². The number of anilines is 1. The van der Waals surface area contributed by atoms with E-state index in [4.69, 9.17) is 0 Å². The van der Waals surface area contributed by atoms with Crippen LogP contribution in [0.5, 0.6) is 0 Å². The van der Waals surface area contributed by atoms with Gasteiger partial charge in [0.2, 0.25) is 0 Å². The van der Waals surface area contributed by atoms with Gasteiger partial charge in [-0.2, -0.15) is 0 Å². The van der Waals surface area contributed by atoms with Gasteiger partial charge in [0.1, 0.15) is 5.69 Å². The Morgan fingerprint density at radius 3 is 2.71 bits per heavy atom. The lowest BCUT2D eigenvalue weighted by molar-refractivity contribution is -0.382. The summed E-state index contributed by atoms with van der Waals surface area (Å²) in [6, 6.07) is 7.82. The molecule has 2 aromatic rings. The number of nitro benzene ring substituents is 1. The molecule has 1 N–H and O–H groups in total. The zero-order valence-corrected chi connectivity index (χ0v) is 13.6. The van der Waals surface area contributed by atoms with E-state index in [1.807, 2.05) is 12.1 Å². The Bertz CT molecular complexity index is 752. The van der Waals surface area contributed by atoms with Crippen LogP contribution in [-0.4, -0.2) is 35.6 Å². The molecule has 0 atom stereocenters. The summed E-state index contributed by atoms with van der Waals surface area (Å²) in [7, 11) is 0. The minimum atomic E-state index is -0.267. The van der Waals surface area contributed by atoms with Crippen LogP contribution < -0.4 is 10.2 Å². The zero-order chi connectivity index (χ0) is 16.5. The van der Waals surface area contributed by atoms with E-state index in [2.05, 4.69) is 15.2 Å². The van der Waals surface area contributed by atoms with Crippen LogP contribution in [0.15, 0.2) is 30.5 Å². The third-order valence-electron chi connectivity index (χ3n) is 5.15. The molecule has 4 rings (SSSR count). The van der Waals surface area contributed by atoms with E-state index >= 15 is 0 Å². The Kier molecular flexibility index (Phi) is 4.06. The van der Waals surface area contributed by atoms with Crippen molar-refractivity contribution in [2.24, 2.45) is 5.92 Å². The smallest absolute Gasteiger partial charge is 0.301 e. The monoisotopic (exact) mass is 326 g/mol. The van der Waals surface area contributed by atoms with Gasteiger partial charge in [0.15, 0.2) is 0 Å². The fraction of sp³-hybridized carbons (Fsp3) is 0.500. The van der Waals surface area contributed by atoms with Crippen molar-refractivity contribution in [3.63, 3.8) is 0 Å². The van der Waals surface area contributed by atoms with Crippen LogP contribution in [0, 0.1) is 16.0 Å². The third-order valence-corrected chi connectivity index (χ3v) is 5.15. The van der Waals surface area contributed by atoms with Crippen molar-refractivity contribution < 1.29 is 4.92 Å². The summed E-state index contributed by atoms with van der Waals surface area (Å²) in [6.07, 6.45) is 6.47. The minimum Gasteiger partial charge on any atom is -0.366 e. The molecule has 2 aliphatic rings. The highest BCUT2D eigenvalue weighted by molar-refractivity contribution is 5.94. The second kappa shape index (κ2) is 6.36. The summed E-state index contributed by atoms with van der Waals surface area (Å²) in [5, 5.41) is 15.9. The molecule has 0 spiro atoms.